The molecule has 0 aromatic carbocycles. The van der Waals surface area contributed by atoms with Gasteiger partial charge in [0.15, 0.2) is 0 Å². The number of hydrogen-bond acceptors (Lipinski definition) is 3. The molecular weight excluding hydrogens is 200 g/mol. The maximum atomic E-state index is 5.53. The second-order valence-electron chi connectivity index (χ2n) is 5.41. The van der Waals surface area contributed by atoms with Gasteiger partial charge >= 0.3 is 0 Å². The minimum atomic E-state index is 0.342. The van der Waals surface area contributed by atoms with Crippen LogP contribution < -0.4 is 5.32 Å². The molecule has 2 atom stereocenters. The van der Waals surface area contributed by atoms with Crippen LogP contribution in [0.4, 0.5) is 0 Å². The first-order valence-electron chi connectivity index (χ1n) is 6.79. The van der Waals surface area contributed by atoms with E-state index >= 15 is 0 Å². The van der Waals surface area contributed by atoms with Crippen molar-refractivity contribution in [3.8, 4) is 0 Å². The lowest BCUT2D eigenvalue weighted by molar-refractivity contribution is 0.0384. The van der Waals surface area contributed by atoms with Gasteiger partial charge in [0.05, 0.1) is 6.61 Å². The predicted molar refractivity (Wildman–Crippen MR) is 66.7 cm³/mol. The van der Waals surface area contributed by atoms with Crippen LogP contribution in [-0.2, 0) is 4.74 Å². The molecule has 0 aromatic rings. The number of piperazine rings is 1. The van der Waals surface area contributed by atoms with Crippen molar-refractivity contribution in [1.82, 2.24) is 10.2 Å². The summed E-state index contributed by atoms with van der Waals surface area (Å²) >= 11 is 0. The lowest BCUT2D eigenvalue weighted by Crippen LogP contribution is -2.65. The van der Waals surface area contributed by atoms with Gasteiger partial charge in [-0.05, 0) is 26.2 Å². The minimum Gasteiger partial charge on any atom is -0.380 e. The first kappa shape index (κ1) is 12.3. The van der Waals surface area contributed by atoms with Crippen LogP contribution in [0.5, 0.6) is 0 Å². The molecule has 0 aromatic heterocycles. The van der Waals surface area contributed by atoms with E-state index in [9.17, 15) is 0 Å². The number of ether oxygens (including phenoxy) is 1. The molecule has 2 unspecified atom stereocenters. The lowest BCUT2D eigenvalue weighted by Gasteiger charge is -2.48. The molecule has 1 N–H and O–H groups in total. The van der Waals surface area contributed by atoms with Crippen molar-refractivity contribution < 1.29 is 4.74 Å². The van der Waals surface area contributed by atoms with Crippen LogP contribution in [0.25, 0.3) is 0 Å². The highest BCUT2D eigenvalue weighted by atomic mass is 16.5. The fraction of sp³-hybridized carbons (Fsp3) is 1.00. The van der Waals surface area contributed by atoms with Gasteiger partial charge in [-0.2, -0.15) is 0 Å². The number of nitrogens with one attached hydrogen (secondary N) is 1. The van der Waals surface area contributed by atoms with Gasteiger partial charge in [-0.1, -0.05) is 13.8 Å². The van der Waals surface area contributed by atoms with Crippen molar-refractivity contribution in [2.45, 2.75) is 57.7 Å². The zero-order valence-corrected chi connectivity index (χ0v) is 11.0. The molecule has 3 nitrogen and oxygen atoms in total. The average Bonchev–Trinajstić information content (AvgIpc) is 2.84. The third-order valence-corrected chi connectivity index (χ3v) is 4.55. The summed E-state index contributed by atoms with van der Waals surface area (Å²) in [5, 5.41) is 3.75. The van der Waals surface area contributed by atoms with Crippen LogP contribution in [0.3, 0.4) is 0 Å². The first-order chi connectivity index (χ1) is 7.71. The summed E-state index contributed by atoms with van der Waals surface area (Å²) in [4.78, 5) is 2.68. The summed E-state index contributed by atoms with van der Waals surface area (Å²) in [7, 11) is 0. The van der Waals surface area contributed by atoms with E-state index in [4.69, 9.17) is 4.74 Å². The molecule has 0 bridgehead atoms. The van der Waals surface area contributed by atoms with E-state index in [0.29, 0.717) is 17.6 Å². The van der Waals surface area contributed by atoms with E-state index in [2.05, 4.69) is 31.0 Å². The van der Waals surface area contributed by atoms with Crippen LogP contribution >= 0.6 is 0 Å². The van der Waals surface area contributed by atoms with Crippen LogP contribution in [0.15, 0.2) is 0 Å². The van der Waals surface area contributed by atoms with Crippen molar-refractivity contribution in [2.24, 2.45) is 0 Å². The normalized spacial score (nSPS) is 35.4. The summed E-state index contributed by atoms with van der Waals surface area (Å²) in [6, 6.07) is 1.31. The predicted octanol–water partition coefficient (Wildman–Crippen LogP) is 1.63. The highest BCUT2D eigenvalue weighted by molar-refractivity contribution is 4.98. The van der Waals surface area contributed by atoms with Crippen LogP contribution in [0.2, 0.25) is 0 Å². The molecule has 94 valence electrons. The van der Waals surface area contributed by atoms with Crippen molar-refractivity contribution >= 4 is 0 Å². The molecule has 0 amide bonds. The zero-order chi connectivity index (χ0) is 11.6. The third-order valence-electron chi connectivity index (χ3n) is 4.55. The molecule has 0 radical (unpaired) electrons. The van der Waals surface area contributed by atoms with Crippen LogP contribution in [0, 0.1) is 0 Å². The van der Waals surface area contributed by atoms with Gasteiger partial charge in [0, 0.05) is 37.3 Å². The smallest absolute Gasteiger partial charge is 0.0622 e. The minimum absolute atomic E-state index is 0.342. The molecule has 2 aliphatic heterocycles. The molecule has 16 heavy (non-hydrogen) atoms. The maximum Gasteiger partial charge on any atom is 0.0622 e. The van der Waals surface area contributed by atoms with E-state index in [1.165, 1.54) is 25.8 Å². The largest absolute Gasteiger partial charge is 0.380 e. The average molecular weight is 226 g/mol. The zero-order valence-electron chi connectivity index (χ0n) is 11.0. The number of hydrogen-bond donors (Lipinski definition) is 1. The summed E-state index contributed by atoms with van der Waals surface area (Å²) in [6.45, 7) is 11.1. The molecule has 2 aliphatic rings. The van der Waals surface area contributed by atoms with Gasteiger partial charge in [0.1, 0.15) is 0 Å². The standard InChI is InChI=1S/C13H26N2O/c1-4-13(5-2)10-15(11(3)8-14-13)12-6-7-16-9-12/h11-12,14H,4-10H2,1-3H3. The van der Waals surface area contributed by atoms with Gasteiger partial charge < -0.3 is 10.1 Å². The Hall–Kier alpha value is -0.120. The van der Waals surface area contributed by atoms with Gasteiger partial charge in [0.25, 0.3) is 0 Å². The van der Waals surface area contributed by atoms with E-state index in [1.54, 1.807) is 0 Å². The second-order valence-corrected chi connectivity index (χ2v) is 5.41. The van der Waals surface area contributed by atoms with Crippen molar-refractivity contribution in [2.75, 3.05) is 26.3 Å². The molecule has 2 heterocycles. The lowest BCUT2D eigenvalue weighted by atomic mass is 9.88. The highest BCUT2D eigenvalue weighted by Crippen LogP contribution is 2.26. The Bertz CT molecular complexity index is 222. The Balaban J connectivity index is 2.04. The van der Waals surface area contributed by atoms with Crippen LogP contribution in [-0.4, -0.2) is 48.8 Å². The Kier molecular flexibility index (Phi) is 3.88. The molecule has 3 heteroatoms. The van der Waals surface area contributed by atoms with Gasteiger partial charge in [-0.15, -0.1) is 0 Å². The second kappa shape index (κ2) is 5.03. The fourth-order valence-electron chi connectivity index (χ4n) is 3.04. The molecule has 2 fully saturated rings. The topological polar surface area (TPSA) is 24.5 Å². The van der Waals surface area contributed by atoms with E-state index in [0.717, 1.165) is 19.8 Å². The van der Waals surface area contributed by atoms with E-state index in [1.807, 2.05) is 0 Å². The molecule has 0 spiro atoms. The van der Waals surface area contributed by atoms with E-state index in [-0.39, 0.29) is 0 Å². The van der Waals surface area contributed by atoms with Crippen molar-refractivity contribution in [3.63, 3.8) is 0 Å². The van der Waals surface area contributed by atoms with Gasteiger partial charge in [0.2, 0.25) is 0 Å². The fourth-order valence-corrected chi connectivity index (χ4v) is 3.04. The van der Waals surface area contributed by atoms with Crippen molar-refractivity contribution in [3.05, 3.63) is 0 Å². The number of nitrogens with zero attached hydrogens (tertiary/aromatic N) is 1. The monoisotopic (exact) mass is 226 g/mol. The first-order valence-corrected chi connectivity index (χ1v) is 6.79. The van der Waals surface area contributed by atoms with Crippen molar-refractivity contribution in [1.29, 1.82) is 0 Å². The Labute approximate surface area is 99.5 Å². The summed E-state index contributed by atoms with van der Waals surface area (Å²) in [5.74, 6) is 0. The van der Waals surface area contributed by atoms with Gasteiger partial charge in [-0.25, -0.2) is 0 Å². The Morgan fingerprint density at radius 2 is 2.12 bits per heavy atom. The summed E-state index contributed by atoms with van der Waals surface area (Å²) in [6.07, 6.45) is 3.66. The summed E-state index contributed by atoms with van der Waals surface area (Å²) in [5.41, 5.74) is 0.342. The number of rotatable bonds is 3. The Morgan fingerprint density at radius 1 is 1.38 bits per heavy atom. The van der Waals surface area contributed by atoms with E-state index < -0.39 is 0 Å². The van der Waals surface area contributed by atoms with Gasteiger partial charge in [-0.3, -0.25) is 4.90 Å². The highest BCUT2D eigenvalue weighted by Gasteiger charge is 2.38. The van der Waals surface area contributed by atoms with Crippen LogP contribution in [0.1, 0.15) is 40.0 Å². The molecule has 2 rings (SSSR count). The SMILES string of the molecule is CCC1(CC)CN(C2CCOC2)C(C)CN1. The molecule has 0 saturated carbocycles. The Morgan fingerprint density at radius 3 is 2.69 bits per heavy atom. The molecular formula is C13H26N2O. The molecule has 0 aliphatic carbocycles. The maximum absolute atomic E-state index is 5.53. The molecule has 2 saturated heterocycles. The third kappa shape index (κ3) is 2.27. The summed E-state index contributed by atoms with van der Waals surface area (Å²) < 4.78 is 5.53. The quantitative estimate of drug-likeness (QED) is 0.791.